The Bertz CT molecular complexity index is 544. The fourth-order valence-electron chi connectivity index (χ4n) is 2.08. The largest absolute Gasteiger partial charge is 0.373 e. The topological polar surface area (TPSA) is 29.5 Å². The van der Waals surface area contributed by atoms with Crippen LogP contribution < -0.4 is 10.5 Å². The summed E-state index contributed by atoms with van der Waals surface area (Å²) in [5, 5.41) is 1.39. The van der Waals surface area contributed by atoms with E-state index >= 15 is 0 Å². The van der Waals surface area contributed by atoms with Crippen molar-refractivity contribution in [3.8, 4) is 0 Å². The molecule has 88 valence electrons. The van der Waals surface area contributed by atoms with Gasteiger partial charge in [0.15, 0.2) is 0 Å². The summed E-state index contributed by atoms with van der Waals surface area (Å²) in [7, 11) is 0. The number of hydrogen-bond donors (Lipinski definition) is 0. The molecule has 3 rings (SSSR count). The van der Waals surface area contributed by atoms with Crippen LogP contribution in [-0.2, 0) is 9.55 Å². The first kappa shape index (κ1) is 11.0. The molecule has 1 aliphatic heterocycles. The van der Waals surface area contributed by atoms with Gasteiger partial charge in [0, 0.05) is 6.32 Å². The van der Waals surface area contributed by atoms with Crippen molar-refractivity contribution in [2.45, 2.75) is 6.32 Å². The number of hydroxylamine groups is 1. The fraction of sp³-hybridized carbons (Fsp3) is 0.0714. The van der Waals surface area contributed by atoms with E-state index in [0.717, 1.165) is 11.2 Å². The summed E-state index contributed by atoms with van der Waals surface area (Å²) in [5.41, 5.74) is 1.81. The Morgan fingerprint density at radius 2 is 1.56 bits per heavy atom. The van der Waals surface area contributed by atoms with Crippen LogP contribution in [0.4, 0.5) is 5.69 Å². The Labute approximate surface area is 106 Å². The zero-order valence-corrected chi connectivity index (χ0v) is 9.82. The van der Waals surface area contributed by atoms with Crippen LogP contribution in [0, 0.1) is 0 Å². The maximum absolute atomic E-state index is 12.0. The highest BCUT2D eigenvalue weighted by Gasteiger charge is 2.36. The van der Waals surface area contributed by atoms with Crippen molar-refractivity contribution in [3.05, 3.63) is 60.7 Å². The molecule has 18 heavy (non-hydrogen) atoms. The average molecular weight is 237 g/mol. The molecule has 1 fully saturated rings. The maximum Gasteiger partial charge on any atom is 0.373 e. The lowest BCUT2D eigenvalue weighted by atomic mass is 9.59. The van der Waals surface area contributed by atoms with Crippen LogP contribution in [0.5, 0.6) is 0 Å². The summed E-state index contributed by atoms with van der Waals surface area (Å²) in [4.78, 5) is 12.0. The molecule has 2 aromatic rings. The van der Waals surface area contributed by atoms with Gasteiger partial charge in [-0.05, 0) is 17.6 Å². The molecule has 0 atom stereocenters. The van der Waals surface area contributed by atoms with E-state index < -0.39 is 0 Å². The number of anilines is 1. The minimum absolute atomic E-state index is 0.00458. The molecule has 0 spiro atoms. The first-order chi connectivity index (χ1) is 8.84. The second-order valence-electron chi connectivity index (χ2n) is 4.23. The van der Waals surface area contributed by atoms with Gasteiger partial charge >= 0.3 is 6.92 Å². The van der Waals surface area contributed by atoms with Crippen molar-refractivity contribution >= 4 is 24.0 Å². The molecule has 0 aromatic heterocycles. The van der Waals surface area contributed by atoms with Crippen LogP contribution in [0.25, 0.3) is 0 Å². The summed E-state index contributed by atoms with van der Waals surface area (Å²) < 4.78 is 5.73. The monoisotopic (exact) mass is 237 g/mol. The van der Waals surface area contributed by atoms with Gasteiger partial charge in [-0.15, -0.1) is 0 Å². The zero-order valence-electron chi connectivity index (χ0n) is 9.82. The quantitative estimate of drug-likeness (QED) is 0.746. The molecule has 1 heterocycles. The van der Waals surface area contributed by atoms with Crippen LogP contribution in [0.1, 0.15) is 0 Å². The lowest BCUT2D eigenvalue weighted by Gasteiger charge is -2.16. The van der Waals surface area contributed by atoms with E-state index in [2.05, 4.69) is 0 Å². The number of carbonyl (C=O) groups is 1. The predicted octanol–water partition coefficient (Wildman–Crippen LogP) is 1.86. The van der Waals surface area contributed by atoms with Gasteiger partial charge in [0.2, 0.25) is 5.91 Å². The molecular formula is C14H12BNO2. The van der Waals surface area contributed by atoms with E-state index in [0.29, 0.717) is 6.32 Å². The van der Waals surface area contributed by atoms with Crippen molar-refractivity contribution < 1.29 is 9.55 Å². The van der Waals surface area contributed by atoms with E-state index in [-0.39, 0.29) is 12.8 Å². The molecule has 0 saturated carbocycles. The third kappa shape index (κ3) is 2.02. The summed E-state index contributed by atoms with van der Waals surface area (Å²) >= 11 is 0. The maximum atomic E-state index is 12.0. The summed E-state index contributed by atoms with van der Waals surface area (Å²) in [6, 6.07) is 19.2. The van der Waals surface area contributed by atoms with Gasteiger partial charge in [0.25, 0.3) is 0 Å². The lowest BCUT2D eigenvalue weighted by Crippen LogP contribution is -2.31. The number of hydrogen-bond acceptors (Lipinski definition) is 2. The first-order valence-electron chi connectivity index (χ1n) is 5.94. The standard InChI is InChI=1S/C14H12BNO2/c17-14-11-15(12-7-3-1-4-8-12)18-16(14)13-9-5-2-6-10-13/h1-10H,11H2. The minimum Gasteiger partial charge on any atom is -0.324 e. The van der Waals surface area contributed by atoms with Crippen molar-refractivity contribution in [1.82, 2.24) is 0 Å². The molecule has 3 nitrogen and oxygen atoms in total. The van der Waals surface area contributed by atoms with E-state index in [1.54, 1.807) is 0 Å². The van der Waals surface area contributed by atoms with Crippen LogP contribution in [0.3, 0.4) is 0 Å². The molecule has 1 amide bonds. The predicted molar refractivity (Wildman–Crippen MR) is 71.7 cm³/mol. The highest BCUT2D eigenvalue weighted by atomic mass is 16.7. The second kappa shape index (κ2) is 4.66. The average Bonchev–Trinajstić information content (AvgIpc) is 2.83. The molecular weight excluding hydrogens is 225 g/mol. The minimum atomic E-state index is -0.182. The Balaban J connectivity index is 1.83. The Morgan fingerprint density at radius 1 is 0.944 bits per heavy atom. The number of benzene rings is 2. The van der Waals surface area contributed by atoms with E-state index in [9.17, 15) is 4.79 Å². The van der Waals surface area contributed by atoms with Gasteiger partial charge in [0.1, 0.15) is 0 Å². The number of rotatable bonds is 2. The molecule has 0 N–H and O–H groups in total. The molecule has 1 saturated heterocycles. The molecule has 4 heteroatoms. The number of carbonyl (C=O) groups excluding carboxylic acids is 1. The smallest absolute Gasteiger partial charge is 0.324 e. The van der Waals surface area contributed by atoms with Crippen LogP contribution in [-0.4, -0.2) is 12.8 Å². The highest BCUT2D eigenvalue weighted by molar-refractivity contribution is 6.72. The SMILES string of the molecule is O=C1CB(c2ccccc2)ON1c1ccccc1. The molecule has 1 aliphatic rings. The normalized spacial score (nSPS) is 15.2. The Kier molecular flexibility index (Phi) is 2.86. The lowest BCUT2D eigenvalue weighted by molar-refractivity contribution is -0.118. The third-order valence-electron chi connectivity index (χ3n) is 2.98. The Morgan fingerprint density at radius 3 is 2.22 bits per heavy atom. The zero-order chi connectivity index (χ0) is 12.4. The van der Waals surface area contributed by atoms with Crippen molar-refractivity contribution in [2.75, 3.05) is 5.06 Å². The summed E-state index contributed by atoms with van der Waals surface area (Å²) in [6.07, 6.45) is 0.388. The van der Waals surface area contributed by atoms with Crippen molar-refractivity contribution in [2.24, 2.45) is 0 Å². The summed E-state index contributed by atoms with van der Waals surface area (Å²) in [6.45, 7) is -0.182. The van der Waals surface area contributed by atoms with Crippen LogP contribution >= 0.6 is 0 Å². The van der Waals surface area contributed by atoms with Crippen molar-refractivity contribution in [1.29, 1.82) is 0 Å². The molecule has 0 aliphatic carbocycles. The molecule has 0 bridgehead atoms. The molecule has 0 unspecified atom stereocenters. The summed E-state index contributed by atoms with van der Waals surface area (Å²) in [5.74, 6) is -0.00458. The fourth-order valence-corrected chi connectivity index (χ4v) is 2.08. The number of nitrogens with zero attached hydrogens (tertiary/aromatic N) is 1. The number of amides is 1. The Hall–Kier alpha value is -2.07. The molecule has 0 radical (unpaired) electrons. The van der Waals surface area contributed by atoms with Gasteiger partial charge in [-0.2, -0.15) is 0 Å². The number of para-hydroxylation sites is 1. The highest BCUT2D eigenvalue weighted by Crippen LogP contribution is 2.22. The van der Waals surface area contributed by atoms with E-state index in [1.807, 2.05) is 60.7 Å². The van der Waals surface area contributed by atoms with E-state index in [1.165, 1.54) is 5.06 Å². The van der Waals surface area contributed by atoms with Crippen molar-refractivity contribution in [3.63, 3.8) is 0 Å². The van der Waals surface area contributed by atoms with Gasteiger partial charge in [-0.25, -0.2) is 5.06 Å². The van der Waals surface area contributed by atoms with Gasteiger partial charge in [0.05, 0.1) is 5.69 Å². The van der Waals surface area contributed by atoms with Crippen LogP contribution in [0.15, 0.2) is 60.7 Å². The van der Waals surface area contributed by atoms with Gasteiger partial charge in [-0.3, -0.25) is 4.79 Å². The van der Waals surface area contributed by atoms with Gasteiger partial charge < -0.3 is 4.76 Å². The van der Waals surface area contributed by atoms with Crippen LogP contribution in [0.2, 0.25) is 6.32 Å². The second-order valence-corrected chi connectivity index (χ2v) is 4.23. The third-order valence-corrected chi connectivity index (χ3v) is 2.98. The first-order valence-corrected chi connectivity index (χ1v) is 5.94. The van der Waals surface area contributed by atoms with E-state index in [4.69, 9.17) is 4.76 Å². The van der Waals surface area contributed by atoms with Gasteiger partial charge in [-0.1, -0.05) is 48.5 Å². The molecule has 2 aromatic carbocycles.